The molecule has 2 nitrogen and oxygen atoms in total. The molecule has 0 spiro atoms. The topological polar surface area (TPSA) is 29.1 Å². The van der Waals surface area contributed by atoms with Crippen LogP contribution in [0.1, 0.15) is 6.42 Å². The number of halogens is 2. The van der Waals surface area contributed by atoms with Crippen LogP contribution in [0.4, 0.5) is 14.5 Å². The molecule has 0 aliphatic heterocycles. The Hall–Kier alpha value is -1.10. The van der Waals surface area contributed by atoms with E-state index in [0.717, 1.165) is 18.2 Å². The van der Waals surface area contributed by atoms with Crippen LogP contribution in [-0.4, -0.2) is 11.7 Å². The van der Waals surface area contributed by atoms with E-state index in [2.05, 4.69) is 17.9 Å². The van der Waals surface area contributed by atoms with E-state index in [1.807, 2.05) is 0 Å². The van der Waals surface area contributed by atoms with E-state index in [0.29, 0.717) is 5.75 Å². The lowest BCUT2D eigenvalue weighted by atomic mass is 10.3. The van der Waals surface area contributed by atoms with Gasteiger partial charge in [0.05, 0.1) is 0 Å². The predicted octanol–water partition coefficient (Wildman–Crippen LogP) is 2.22. The van der Waals surface area contributed by atoms with Crippen LogP contribution in [0, 0.1) is 11.6 Å². The van der Waals surface area contributed by atoms with Crippen LogP contribution in [0.15, 0.2) is 18.2 Å². The Morgan fingerprint density at radius 1 is 1.29 bits per heavy atom. The first kappa shape index (κ1) is 11.0. The first-order valence-corrected chi connectivity index (χ1v) is 4.62. The van der Waals surface area contributed by atoms with Gasteiger partial charge >= 0.3 is 0 Å². The van der Waals surface area contributed by atoms with E-state index in [9.17, 15) is 13.6 Å². The summed E-state index contributed by atoms with van der Waals surface area (Å²) in [4.78, 5) is 11.0. The fourth-order valence-electron chi connectivity index (χ4n) is 0.951. The van der Waals surface area contributed by atoms with Gasteiger partial charge in [-0.05, 0) is 17.9 Å². The fraction of sp³-hybridized carbons (Fsp3) is 0.222. The average Bonchev–Trinajstić information content (AvgIpc) is 2.01. The van der Waals surface area contributed by atoms with Crippen LogP contribution in [-0.2, 0) is 4.79 Å². The van der Waals surface area contributed by atoms with Crippen molar-refractivity contribution in [3.05, 3.63) is 29.8 Å². The monoisotopic (exact) mass is 217 g/mol. The summed E-state index contributed by atoms with van der Waals surface area (Å²) < 4.78 is 25.3. The number of anilines is 1. The predicted molar refractivity (Wildman–Crippen MR) is 53.5 cm³/mol. The molecule has 14 heavy (non-hydrogen) atoms. The first-order chi connectivity index (χ1) is 6.61. The van der Waals surface area contributed by atoms with Gasteiger partial charge in [-0.15, -0.1) is 0 Å². The summed E-state index contributed by atoms with van der Waals surface area (Å²) in [7, 11) is 0. The van der Waals surface area contributed by atoms with Crippen LogP contribution < -0.4 is 5.32 Å². The highest BCUT2D eigenvalue weighted by Gasteiger charge is 2.04. The summed E-state index contributed by atoms with van der Waals surface area (Å²) >= 11 is 3.86. The molecule has 1 rings (SSSR count). The highest BCUT2D eigenvalue weighted by Crippen LogP contribution is 2.12. The van der Waals surface area contributed by atoms with Crippen molar-refractivity contribution in [2.75, 3.05) is 11.1 Å². The Balaban J connectivity index is 2.71. The smallest absolute Gasteiger partial charge is 0.225 e. The zero-order valence-corrected chi connectivity index (χ0v) is 8.15. The van der Waals surface area contributed by atoms with Gasteiger partial charge in [0.15, 0.2) is 0 Å². The largest absolute Gasteiger partial charge is 0.326 e. The zero-order chi connectivity index (χ0) is 10.6. The molecule has 76 valence electrons. The molecule has 1 amide bonds. The van der Waals surface area contributed by atoms with Gasteiger partial charge in [0.2, 0.25) is 5.91 Å². The summed E-state index contributed by atoms with van der Waals surface area (Å²) in [5, 5.41) is 2.36. The molecule has 1 aromatic rings. The molecule has 0 aliphatic rings. The molecule has 0 saturated carbocycles. The first-order valence-electron chi connectivity index (χ1n) is 3.98. The SMILES string of the molecule is O=C(CCS)Nc1cc(F)cc(F)c1. The van der Waals surface area contributed by atoms with E-state index in [4.69, 9.17) is 0 Å². The summed E-state index contributed by atoms with van der Waals surface area (Å²) in [5.41, 5.74) is 0.120. The standard InChI is InChI=1S/C9H9F2NOS/c10-6-3-7(11)5-8(4-6)12-9(13)1-2-14/h3-5,14H,1-2H2,(H,12,13). The number of rotatable bonds is 3. The number of amides is 1. The van der Waals surface area contributed by atoms with E-state index >= 15 is 0 Å². The number of carbonyl (C=O) groups is 1. The van der Waals surface area contributed by atoms with Crippen molar-refractivity contribution in [2.24, 2.45) is 0 Å². The summed E-state index contributed by atoms with van der Waals surface area (Å²) in [6, 6.07) is 2.85. The number of carbonyl (C=O) groups excluding carboxylic acids is 1. The van der Waals surface area contributed by atoms with Crippen LogP contribution in [0.2, 0.25) is 0 Å². The molecule has 0 aromatic heterocycles. The quantitative estimate of drug-likeness (QED) is 0.747. The Morgan fingerprint density at radius 3 is 2.36 bits per heavy atom. The third-order valence-corrected chi connectivity index (χ3v) is 1.71. The van der Waals surface area contributed by atoms with E-state index in [-0.39, 0.29) is 18.0 Å². The van der Waals surface area contributed by atoms with Gasteiger partial charge < -0.3 is 5.32 Å². The van der Waals surface area contributed by atoms with Crippen molar-refractivity contribution in [1.82, 2.24) is 0 Å². The molecule has 0 aliphatic carbocycles. The fourth-order valence-corrected chi connectivity index (χ4v) is 1.15. The van der Waals surface area contributed by atoms with Crippen LogP contribution in [0.25, 0.3) is 0 Å². The van der Waals surface area contributed by atoms with Crippen LogP contribution in [0.3, 0.4) is 0 Å². The van der Waals surface area contributed by atoms with Gasteiger partial charge in [-0.2, -0.15) is 12.6 Å². The number of hydrogen-bond acceptors (Lipinski definition) is 2. The maximum atomic E-state index is 12.7. The Bertz CT molecular complexity index is 323. The van der Waals surface area contributed by atoms with Gasteiger partial charge in [-0.3, -0.25) is 4.79 Å². The van der Waals surface area contributed by atoms with E-state index in [1.54, 1.807) is 0 Å². The lowest BCUT2D eigenvalue weighted by molar-refractivity contribution is -0.115. The zero-order valence-electron chi connectivity index (χ0n) is 7.26. The Kier molecular flexibility index (Phi) is 3.88. The van der Waals surface area contributed by atoms with Gasteiger partial charge in [-0.25, -0.2) is 8.78 Å². The molecule has 0 unspecified atom stereocenters. The highest BCUT2D eigenvalue weighted by molar-refractivity contribution is 7.80. The lowest BCUT2D eigenvalue weighted by Crippen LogP contribution is -2.11. The molecule has 0 fully saturated rings. The molecular weight excluding hydrogens is 208 g/mol. The third kappa shape index (κ3) is 3.33. The molecule has 1 N–H and O–H groups in total. The van der Waals surface area contributed by atoms with Gasteiger partial charge in [0, 0.05) is 18.2 Å². The number of nitrogens with one attached hydrogen (secondary N) is 1. The van der Waals surface area contributed by atoms with Gasteiger partial charge in [-0.1, -0.05) is 0 Å². The second kappa shape index (κ2) is 4.95. The molecule has 0 bridgehead atoms. The second-order valence-corrected chi connectivity index (χ2v) is 3.13. The lowest BCUT2D eigenvalue weighted by Gasteiger charge is -2.03. The van der Waals surface area contributed by atoms with Crippen molar-refractivity contribution >= 4 is 24.2 Å². The minimum Gasteiger partial charge on any atom is -0.326 e. The van der Waals surface area contributed by atoms with E-state index < -0.39 is 11.6 Å². The minimum absolute atomic E-state index is 0.120. The molecular formula is C9H9F2NOS. The average molecular weight is 217 g/mol. The second-order valence-electron chi connectivity index (χ2n) is 2.68. The van der Waals surface area contributed by atoms with Crippen LogP contribution >= 0.6 is 12.6 Å². The number of hydrogen-bond donors (Lipinski definition) is 2. The highest BCUT2D eigenvalue weighted by atomic mass is 32.1. The van der Waals surface area contributed by atoms with Crippen molar-refractivity contribution in [3.8, 4) is 0 Å². The van der Waals surface area contributed by atoms with Gasteiger partial charge in [0.1, 0.15) is 11.6 Å². The molecule has 0 atom stereocenters. The molecule has 0 saturated heterocycles. The van der Waals surface area contributed by atoms with Gasteiger partial charge in [0.25, 0.3) is 0 Å². The van der Waals surface area contributed by atoms with Crippen molar-refractivity contribution in [3.63, 3.8) is 0 Å². The minimum atomic E-state index is -0.717. The van der Waals surface area contributed by atoms with Crippen molar-refractivity contribution < 1.29 is 13.6 Å². The van der Waals surface area contributed by atoms with E-state index in [1.165, 1.54) is 0 Å². The maximum Gasteiger partial charge on any atom is 0.225 e. The summed E-state index contributed by atoms with van der Waals surface area (Å²) in [5.74, 6) is -1.36. The van der Waals surface area contributed by atoms with Crippen LogP contribution in [0.5, 0.6) is 0 Å². The van der Waals surface area contributed by atoms with Crippen molar-refractivity contribution in [2.45, 2.75) is 6.42 Å². The Morgan fingerprint density at radius 2 is 1.86 bits per heavy atom. The summed E-state index contributed by atoms with van der Waals surface area (Å²) in [6.07, 6.45) is 0.210. The normalized spacial score (nSPS) is 9.93. The third-order valence-electron chi connectivity index (χ3n) is 1.49. The number of thiol groups is 1. The molecule has 0 radical (unpaired) electrons. The van der Waals surface area contributed by atoms with Crippen molar-refractivity contribution in [1.29, 1.82) is 0 Å². The molecule has 1 aromatic carbocycles. The number of benzene rings is 1. The maximum absolute atomic E-state index is 12.7. The molecule has 5 heteroatoms. The Labute approximate surface area is 85.7 Å². The molecule has 0 heterocycles. The summed E-state index contributed by atoms with van der Waals surface area (Å²) in [6.45, 7) is 0.